The number of para-hydroxylation sites is 2. The molecule has 0 bridgehead atoms. The molecule has 0 saturated heterocycles. The number of phenolic OH excluding ortho intramolecular Hbond substituents is 1. The van der Waals surface area contributed by atoms with Gasteiger partial charge in [-0.1, -0.05) is 41.9 Å². The molecule has 0 spiro atoms. The second-order valence-corrected chi connectivity index (χ2v) is 6.33. The van der Waals surface area contributed by atoms with Crippen LogP contribution in [0.25, 0.3) is 22.3 Å². The van der Waals surface area contributed by atoms with Crippen molar-refractivity contribution in [3.8, 4) is 28.8 Å². The number of aryl methyl sites for hydroxylation is 1. The Morgan fingerprint density at radius 1 is 0.923 bits per heavy atom. The molecule has 26 heavy (non-hydrogen) atoms. The lowest BCUT2D eigenvalue weighted by molar-refractivity contribution is 0.467. The molecule has 128 valence electrons. The maximum atomic E-state index is 10.2. The monoisotopic (exact) mass is 362 g/mol. The molecule has 0 fully saturated rings. The summed E-state index contributed by atoms with van der Waals surface area (Å²) in [4.78, 5) is 9.11. The third-order valence-electron chi connectivity index (χ3n) is 4.01. The average Bonchev–Trinajstić information content (AvgIpc) is 2.65. The van der Waals surface area contributed by atoms with Crippen molar-refractivity contribution in [3.63, 3.8) is 0 Å². The first-order chi connectivity index (χ1) is 12.6. The van der Waals surface area contributed by atoms with E-state index in [1.54, 1.807) is 24.3 Å². The molecule has 4 aromatic rings. The van der Waals surface area contributed by atoms with E-state index < -0.39 is 0 Å². The first-order valence-electron chi connectivity index (χ1n) is 8.11. The second-order valence-electron chi connectivity index (χ2n) is 5.92. The van der Waals surface area contributed by atoms with E-state index in [1.807, 2.05) is 49.4 Å². The third kappa shape index (κ3) is 3.07. The second kappa shape index (κ2) is 6.65. The number of fused-ring (bicyclic) bond motifs is 1. The lowest BCUT2D eigenvalue weighted by Crippen LogP contribution is -1.97. The van der Waals surface area contributed by atoms with Crippen LogP contribution in [-0.2, 0) is 0 Å². The lowest BCUT2D eigenvalue weighted by atomic mass is 10.1. The van der Waals surface area contributed by atoms with E-state index in [0.29, 0.717) is 28.0 Å². The Kier molecular flexibility index (Phi) is 4.19. The van der Waals surface area contributed by atoms with Crippen molar-refractivity contribution in [3.05, 3.63) is 77.3 Å². The summed E-state index contributed by atoms with van der Waals surface area (Å²) in [5.74, 6) is 1.42. The highest BCUT2D eigenvalue weighted by Crippen LogP contribution is 2.35. The molecule has 4 rings (SSSR count). The Labute approximate surface area is 155 Å². The van der Waals surface area contributed by atoms with Crippen molar-refractivity contribution in [2.75, 3.05) is 0 Å². The first kappa shape index (κ1) is 16.4. The van der Waals surface area contributed by atoms with Crippen LogP contribution in [0.15, 0.2) is 66.7 Å². The molecule has 0 aliphatic carbocycles. The van der Waals surface area contributed by atoms with Crippen LogP contribution in [0.4, 0.5) is 0 Å². The minimum absolute atomic E-state index is 0.113. The minimum atomic E-state index is 0.113. The van der Waals surface area contributed by atoms with E-state index in [9.17, 15) is 5.11 Å². The van der Waals surface area contributed by atoms with Gasteiger partial charge in [-0.15, -0.1) is 0 Å². The van der Waals surface area contributed by atoms with Gasteiger partial charge in [-0.3, -0.25) is 0 Å². The normalized spacial score (nSPS) is 10.8. The predicted octanol–water partition coefficient (Wildman–Crippen LogP) is 5.76. The largest absolute Gasteiger partial charge is 0.507 e. The summed E-state index contributed by atoms with van der Waals surface area (Å²) < 4.78 is 6.04. The minimum Gasteiger partial charge on any atom is -0.507 e. The van der Waals surface area contributed by atoms with Gasteiger partial charge in [0, 0.05) is 0 Å². The molecule has 0 amide bonds. The SMILES string of the molecule is Cc1ccc(Cl)c(Oc2nc(-c3ccccc3O)nc3ccccc23)c1. The summed E-state index contributed by atoms with van der Waals surface area (Å²) in [6.07, 6.45) is 0. The van der Waals surface area contributed by atoms with Gasteiger partial charge in [0.1, 0.15) is 11.5 Å². The van der Waals surface area contributed by atoms with Crippen LogP contribution in [0, 0.1) is 6.92 Å². The maximum Gasteiger partial charge on any atom is 0.230 e. The van der Waals surface area contributed by atoms with E-state index in [-0.39, 0.29) is 5.75 Å². The van der Waals surface area contributed by atoms with E-state index >= 15 is 0 Å². The number of halogens is 1. The summed E-state index contributed by atoms with van der Waals surface area (Å²) in [6.45, 7) is 1.97. The Morgan fingerprint density at radius 3 is 2.54 bits per heavy atom. The molecule has 0 unspecified atom stereocenters. The molecule has 1 N–H and O–H groups in total. The van der Waals surface area contributed by atoms with Gasteiger partial charge in [-0.05, 0) is 48.9 Å². The zero-order valence-corrected chi connectivity index (χ0v) is 14.7. The number of aromatic nitrogens is 2. The van der Waals surface area contributed by atoms with Gasteiger partial charge in [0.25, 0.3) is 0 Å². The summed E-state index contributed by atoms with van der Waals surface area (Å²) in [7, 11) is 0. The zero-order valence-electron chi connectivity index (χ0n) is 14.0. The van der Waals surface area contributed by atoms with Gasteiger partial charge in [0.15, 0.2) is 5.82 Å². The molecular formula is C21H15ClN2O2. The van der Waals surface area contributed by atoms with Gasteiger partial charge in [0.2, 0.25) is 5.88 Å². The molecule has 5 heteroatoms. The van der Waals surface area contributed by atoms with Crippen molar-refractivity contribution < 1.29 is 9.84 Å². The molecule has 0 saturated carbocycles. The first-order valence-corrected chi connectivity index (χ1v) is 8.49. The Bertz CT molecular complexity index is 1110. The molecule has 0 aliphatic heterocycles. The molecule has 0 radical (unpaired) electrons. The predicted molar refractivity (Wildman–Crippen MR) is 103 cm³/mol. The van der Waals surface area contributed by atoms with Crippen molar-refractivity contribution in [2.45, 2.75) is 6.92 Å². The Morgan fingerprint density at radius 2 is 1.69 bits per heavy atom. The highest BCUT2D eigenvalue weighted by Gasteiger charge is 2.14. The summed E-state index contributed by atoms with van der Waals surface area (Å²) in [6, 6.07) is 20.1. The fourth-order valence-electron chi connectivity index (χ4n) is 2.70. The van der Waals surface area contributed by atoms with Crippen LogP contribution in [0.5, 0.6) is 17.4 Å². The average molecular weight is 363 g/mol. The molecular weight excluding hydrogens is 348 g/mol. The number of nitrogens with zero attached hydrogens (tertiary/aromatic N) is 2. The number of rotatable bonds is 3. The van der Waals surface area contributed by atoms with Crippen LogP contribution >= 0.6 is 11.6 Å². The highest BCUT2D eigenvalue weighted by molar-refractivity contribution is 6.32. The van der Waals surface area contributed by atoms with Crippen LogP contribution < -0.4 is 4.74 Å². The van der Waals surface area contributed by atoms with Crippen molar-refractivity contribution in [2.24, 2.45) is 0 Å². The van der Waals surface area contributed by atoms with Gasteiger partial charge in [-0.2, -0.15) is 4.98 Å². The summed E-state index contributed by atoms with van der Waals surface area (Å²) >= 11 is 6.27. The van der Waals surface area contributed by atoms with Gasteiger partial charge >= 0.3 is 0 Å². The number of benzene rings is 3. The Hall–Kier alpha value is -3.11. The number of aromatic hydroxyl groups is 1. The van der Waals surface area contributed by atoms with Gasteiger partial charge in [0.05, 0.1) is 21.5 Å². The van der Waals surface area contributed by atoms with Crippen LogP contribution in [-0.4, -0.2) is 15.1 Å². The van der Waals surface area contributed by atoms with E-state index in [2.05, 4.69) is 9.97 Å². The quantitative estimate of drug-likeness (QED) is 0.503. The van der Waals surface area contributed by atoms with Crippen molar-refractivity contribution >= 4 is 22.5 Å². The number of hydrogen-bond acceptors (Lipinski definition) is 4. The molecule has 0 atom stereocenters. The smallest absolute Gasteiger partial charge is 0.230 e. The summed E-state index contributed by atoms with van der Waals surface area (Å²) in [5, 5.41) is 11.4. The molecule has 0 aliphatic rings. The lowest BCUT2D eigenvalue weighted by Gasteiger charge is -2.12. The van der Waals surface area contributed by atoms with Crippen LogP contribution in [0.1, 0.15) is 5.56 Å². The van der Waals surface area contributed by atoms with E-state index in [0.717, 1.165) is 16.5 Å². The number of phenols is 1. The number of ether oxygens (including phenoxy) is 1. The third-order valence-corrected chi connectivity index (χ3v) is 4.32. The fourth-order valence-corrected chi connectivity index (χ4v) is 2.86. The van der Waals surface area contributed by atoms with Crippen LogP contribution in [0.2, 0.25) is 5.02 Å². The Balaban J connectivity index is 1.90. The molecule has 1 aromatic heterocycles. The van der Waals surface area contributed by atoms with E-state index in [4.69, 9.17) is 16.3 Å². The molecule has 4 nitrogen and oxygen atoms in total. The number of hydrogen-bond donors (Lipinski definition) is 1. The molecule has 1 heterocycles. The van der Waals surface area contributed by atoms with Gasteiger partial charge in [-0.25, -0.2) is 4.98 Å². The zero-order chi connectivity index (χ0) is 18.1. The maximum absolute atomic E-state index is 10.2. The van der Waals surface area contributed by atoms with Crippen molar-refractivity contribution in [1.82, 2.24) is 9.97 Å². The fraction of sp³-hybridized carbons (Fsp3) is 0.0476. The van der Waals surface area contributed by atoms with Crippen molar-refractivity contribution in [1.29, 1.82) is 0 Å². The van der Waals surface area contributed by atoms with E-state index in [1.165, 1.54) is 0 Å². The highest BCUT2D eigenvalue weighted by atomic mass is 35.5. The van der Waals surface area contributed by atoms with Gasteiger partial charge < -0.3 is 9.84 Å². The standard InChI is InChI=1S/C21H15ClN2O2/c1-13-10-11-16(22)19(12-13)26-21-14-6-2-4-8-17(14)23-20(24-21)15-7-3-5-9-18(15)25/h2-12,25H,1H3. The topological polar surface area (TPSA) is 55.2 Å². The van der Waals surface area contributed by atoms with Crippen LogP contribution in [0.3, 0.4) is 0 Å². The molecule has 3 aromatic carbocycles. The summed E-state index contributed by atoms with van der Waals surface area (Å²) in [5.41, 5.74) is 2.29.